The van der Waals surface area contributed by atoms with Crippen LogP contribution in [0, 0.1) is 0 Å². The molecule has 2 nitrogen and oxygen atoms in total. The van der Waals surface area contributed by atoms with Gasteiger partial charge in [0.1, 0.15) is 5.54 Å². The average molecular weight is 217 g/mol. The summed E-state index contributed by atoms with van der Waals surface area (Å²) >= 11 is 0. The molecular weight excluding hydrogens is 198 g/mol. The molecule has 2 atom stereocenters. The van der Waals surface area contributed by atoms with E-state index in [4.69, 9.17) is 0 Å². The van der Waals surface area contributed by atoms with Crippen LogP contribution in [-0.4, -0.2) is 17.4 Å². The van der Waals surface area contributed by atoms with E-state index in [-0.39, 0.29) is 11.6 Å². The zero-order valence-electron chi connectivity index (χ0n) is 9.98. The Morgan fingerprint density at radius 3 is 2.44 bits per heavy atom. The lowest BCUT2D eigenvalue weighted by molar-refractivity contribution is 0.160. The van der Waals surface area contributed by atoms with Gasteiger partial charge in [-0.2, -0.15) is 0 Å². The Bertz CT molecular complexity index is 374. The van der Waals surface area contributed by atoms with Crippen molar-refractivity contribution < 1.29 is 5.11 Å². The third-order valence-electron chi connectivity index (χ3n) is 3.29. The van der Waals surface area contributed by atoms with Gasteiger partial charge in [0.2, 0.25) is 0 Å². The standard InChI is InChI=1S/C14H19NO/c1-3-13(16)9-6-11-4-7-12(8-5-11)14(2)10-15-14/h4-5,7-8,10,13,16H,3,6,9H2,1-2H3. The zero-order valence-corrected chi connectivity index (χ0v) is 9.98. The summed E-state index contributed by atoms with van der Waals surface area (Å²) in [5, 5.41) is 9.49. The van der Waals surface area contributed by atoms with Crippen molar-refractivity contribution in [2.24, 2.45) is 4.99 Å². The van der Waals surface area contributed by atoms with Crippen LogP contribution >= 0.6 is 0 Å². The van der Waals surface area contributed by atoms with Crippen molar-refractivity contribution in [3.8, 4) is 0 Å². The number of rotatable bonds is 5. The molecule has 0 amide bonds. The lowest BCUT2D eigenvalue weighted by Crippen LogP contribution is -2.07. The summed E-state index contributed by atoms with van der Waals surface area (Å²) in [4.78, 5) is 4.26. The Labute approximate surface area is 97.0 Å². The van der Waals surface area contributed by atoms with E-state index in [1.807, 2.05) is 13.1 Å². The van der Waals surface area contributed by atoms with Gasteiger partial charge in [0.05, 0.1) is 6.10 Å². The second kappa shape index (κ2) is 4.38. The topological polar surface area (TPSA) is 32.6 Å². The van der Waals surface area contributed by atoms with E-state index in [1.54, 1.807) is 0 Å². The van der Waals surface area contributed by atoms with Gasteiger partial charge in [0.25, 0.3) is 0 Å². The maximum Gasteiger partial charge on any atom is 0.117 e. The molecular formula is C14H19NO. The van der Waals surface area contributed by atoms with E-state index in [1.165, 1.54) is 11.1 Å². The first-order chi connectivity index (χ1) is 7.64. The third-order valence-corrected chi connectivity index (χ3v) is 3.29. The van der Waals surface area contributed by atoms with Crippen LogP contribution in [0.5, 0.6) is 0 Å². The van der Waals surface area contributed by atoms with Crippen LogP contribution in [0.1, 0.15) is 37.8 Å². The quantitative estimate of drug-likeness (QED) is 0.808. The summed E-state index contributed by atoms with van der Waals surface area (Å²) in [6, 6.07) is 8.57. The fraction of sp³-hybridized carbons (Fsp3) is 0.500. The number of benzene rings is 1. The molecule has 1 aromatic carbocycles. The predicted molar refractivity (Wildman–Crippen MR) is 66.9 cm³/mol. The first-order valence-corrected chi connectivity index (χ1v) is 5.98. The van der Waals surface area contributed by atoms with Gasteiger partial charge in [-0.3, -0.25) is 4.99 Å². The van der Waals surface area contributed by atoms with Gasteiger partial charge >= 0.3 is 0 Å². The Morgan fingerprint density at radius 2 is 1.94 bits per heavy atom. The third kappa shape index (κ3) is 2.50. The van der Waals surface area contributed by atoms with Crippen LogP contribution in [0.15, 0.2) is 29.3 Å². The van der Waals surface area contributed by atoms with Gasteiger partial charge in [-0.05, 0) is 37.3 Å². The summed E-state index contributed by atoms with van der Waals surface area (Å²) < 4.78 is 0. The Hall–Kier alpha value is -1.15. The lowest BCUT2D eigenvalue weighted by atomic mass is 9.97. The van der Waals surface area contributed by atoms with Crippen molar-refractivity contribution >= 4 is 6.21 Å². The van der Waals surface area contributed by atoms with Gasteiger partial charge in [0.15, 0.2) is 0 Å². The van der Waals surface area contributed by atoms with Gasteiger partial charge in [-0.15, -0.1) is 0 Å². The van der Waals surface area contributed by atoms with E-state index in [0.29, 0.717) is 0 Å². The molecule has 0 saturated heterocycles. The van der Waals surface area contributed by atoms with E-state index in [9.17, 15) is 5.11 Å². The molecule has 86 valence electrons. The van der Waals surface area contributed by atoms with Crippen molar-refractivity contribution in [1.82, 2.24) is 0 Å². The fourth-order valence-corrected chi connectivity index (χ4v) is 1.79. The van der Waals surface area contributed by atoms with Crippen molar-refractivity contribution in [2.75, 3.05) is 0 Å². The first-order valence-electron chi connectivity index (χ1n) is 5.98. The highest BCUT2D eigenvalue weighted by Crippen LogP contribution is 2.32. The molecule has 2 heteroatoms. The molecule has 16 heavy (non-hydrogen) atoms. The van der Waals surface area contributed by atoms with Gasteiger partial charge in [-0.25, -0.2) is 0 Å². The van der Waals surface area contributed by atoms with Crippen molar-refractivity contribution in [2.45, 2.75) is 44.8 Å². The van der Waals surface area contributed by atoms with Crippen molar-refractivity contribution in [3.63, 3.8) is 0 Å². The molecule has 0 fully saturated rings. The maximum absolute atomic E-state index is 9.49. The summed E-state index contributed by atoms with van der Waals surface area (Å²) in [5.41, 5.74) is 2.52. The molecule has 0 saturated carbocycles. The number of aliphatic imine (C=N–C) groups is 1. The molecule has 0 radical (unpaired) electrons. The van der Waals surface area contributed by atoms with Crippen LogP contribution < -0.4 is 0 Å². The zero-order chi connectivity index (χ0) is 11.6. The number of hydrogen-bond donors (Lipinski definition) is 1. The second-order valence-corrected chi connectivity index (χ2v) is 4.70. The second-order valence-electron chi connectivity index (χ2n) is 4.70. The molecule has 0 spiro atoms. The van der Waals surface area contributed by atoms with E-state index in [2.05, 4.69) is 36.2 Å². The first kappa shape index (κ1) is 11.3. The lowest BCUT2D eigenvalue weighted by Gasteiger charge is -2.10. The minimum atomic E-state index is -0.163. The normalized spacial score (nSPS) is 24.4. The molecule has 0 aromatic heterocycles. The van der Waals surface area contributed by atoms with E-state index < -0.39 is 0 Å². The van der Waals surface area contributed by atoms with Crippen molar-refractivity contribution in [3.05, 3.63) is 35.4 Å². The highest BCUT2D eigenvalue weighted by Gasteiger charge is 2.32. The largest absolute Gasteiger partial charge is 0.393 e. The maximum atomic E-state index is 9.49. The number of hydrogen-bond acceptors (Lipinski definition) is 2. The molecule has 1 heterocycles. The molecule has 1 aliphatic rings. The van der Waals surface area contributed by atoms with Crippen molar-refractivity contribution in [1.29, 1.82) is 0 Å². The Kier molecular flexibility index (Phi) is 3.10. The molecule has 1 aromatic rings. The van der Waals surface area contributed by atoms with Crippen LogP contribution in [-0.2, 0) is 12.0 Å². The molecule has 1 N–H and O–H groups in total. The summed E-state index contributed by atoms with van der Waals surface area (Å²) in [5.74, 6) is 0. The highest BCUT2D eigenvalue weighted by atomic mass is 16.3. The minimum Gasteiger partial charge on any atom is -0.393 e. The van der Waals surface area contributed by atoms with E-state index >= 15 is 0 Å². The minimum absolute atomic E-state index is 0.0263. The highest BCUT2D eigenvalue weighted by molar-refractivity contribution is 5.85. The predicted octanol–water partition coefficient (Wildman–Crippen LogP) is 2.69. The van der Waals surface area contributed by atoms with Gasteiger partial charge < -0.3 is 5.11 Å². The number of aryl methyl sites for hydroxylation is 1. The number of aliphatic hydroxyl groups is 1. The molecule has 2 rings (SSSR count). The molecule has 0 bridgehead atoms. The SMILES string of the molecule is CCC(O)CCc1ccc(C2(C)C=N2)cc1. The van der Waals surface area contributed by atoms with Gasteiger partial charge in [0, 0.05) is 6.21 Å². The number of aliphatic hydroxyl groups excluding tert-OH is 1. The Morgan fingerprint density at radius 1 is 1.31 bits per heavy atom. The van der Waals surface area contributed by atoms with E-state index in [0.717, 1.165) is 19.3 Å². The monoisotopic (exact) mass is 217 g/mol. The number of nitrogens with zero attached hydrogens (tertiary/aromatic N) is 1. The van der Waals surface area contributed by atoms with Crippen LogP contribution in [0.25, 0.3) is 0 Å². The van der Waals surface area contributed by atoms with Crippen LogP contribution in [0.3, 0.4) is 0 Å². The molecule has 0 aliphatic carbocycles. The van der Waals surface area contributed by atoms with Gasteiger partial charge in [-0.1, -0.05) is 31.2 Å². The summed E-state index contributed by atoms with van der Waals surface area (Å²) in [6.07, 6.45) is 4.45. The summed E-state index contributed by atoms with van der Waals surface area (Å²) in [7, 11) is 0. The van der Waals surface area contributed by atoms with Crippen LogP contribution in [0.4, 0.5) is 0 Å². The summed E-state index contributed by atoms with van der Waals surface area (Å²) in [6.45, 7) is 4.13. The smallest absolute Gasteiger partial charge is 0.117 e. The average Bonchev–Trinajstić information content (AvgIpc) is 3.06. The fourth-order valence-electron chi connectivity index (χ4n) is 1.79. The molecule has 1 aliphatic heterocycles. The van der Waals surface area contributed by atoms with Crippen LogP contribution in [0.2, 0.25) is 0 Å². The Balaban J connectivity index is 1.92. The molecule has 2 unspecified atom stereocenters.